The molecule has 2 aliphatic rings. The molecule has 0 aliphatic carbocycles. The number of morpholine rings is 1. The Hall–Kier alpha value is -3.88. The average Bonchev–Trinajstić information content (AvgIpc) is 3.23. The van der Waals surface area contributed by atoms with Crippen molar-refractivity contribution < 1.29 is 23.4 Å². The van der Waals surface area contributed by atoms with E-state index < -0.39 is 6.04 Å². The van der Waals surface area contributed by atoms with Crippen LogP contribution in [0.3, 0.4) is 0 Å². The zero-order valence-electron chi connectivity index (χ0n) is 20.9. The van der Waals surface area contributed by atoms with Crippen LogP contribution in [-0.2, 0) is 4.74 Å². The van der Waals surface area contributed by atoms with Gasteiger partial charge < -0.3 is 23.5 Å². The third-order valence-electron chi connectivity index (χ3n) is 7.35. The minimum Gasteiger partial charge on any atom is -0.493 e. The third-order valence-corrected chi connectivity index (χ3v) is 7.35. The first-order chi connectivity index (χ1) is 18.1. The Morgan fingerprint density at radius 1 is 0.892 bits per heavy atom. The van der Waals surface area contributed by atoms with E-state index in [2.05, 4.69) is 4.90 Å². The Bertz CT molecular complexity index is 1560. The Morgan fingerprint density at radius 2 is 1.70 bits per heavy atom. The van der Waals surface area contributed by atoms with Gasteiger partial charge in [0.15, 0.2) is 16.9 Å². The van der Waals surface area contributed by atoms with E-state index in [0.29, 0.717) is 59.9 Å². The van der Waals surface area contributed by atoms with E-state index in [1.807, 2.05) is 42.5 Å². The Kier molecular flexibility index (Phi) is 6.06. The zero-order valence-corrected chi connectivity index (χ0v) is 20.9. The molecule has 0 bridgehead atoms. The number of carbonyl (C=O) groups is 1. The molecule has 3 aromatic carbocycles. The van der Waals surface area contributed by atoms with Gasteiger partial charge in [0.1, 0.15) is 5.58 Å². The van der Waals surface area contributed by atoms with Crippen molar-refractivity contribution in [2.75, 3.05) is 53.6 Å². The fourth-order valence-corrected chi connectivity index (χ4v) is 5.50. The number of para-hydroxylation sites is 1. The number of methoxy groups -OCH3 is 2. The van der Waals surface area contributed by atoms with Crippen LogP contribution in [0.25, 0.3) is 21.7 Å². The van der Waals surface area contributed by atoms with Crippen molar-refractivity contribution in [2.24, 2.45) is 0 Å². The minimum atomic E-state index is -0.666. The number of nitrogens with zero attached hydrogens (tertiary/aromatic N) is 2. The normalized spacial score (nSPS) is 17.9. The van der Waals surface area contributed by atoms with Crippen LogP contribution in [0, 0.1) is 0 Å². The lowest BCUT2D eigenvalue weighted by atomic mass is 9.96. The molecule has 6 rings (SSSR count). The second kappa shape index (κ2) is 9.53. The molecule has 4 aromatic rings. The summed E-state index contributed by atoms with van der Waals surface area (Å²) in [7, 11) is 3.13. The molecule has 0 radical (unpaired) electrons. The van der Waals surface area contributed by atoms with Gasteiger partial charge in [0.05, 0.1) is 44.4 Å². The second-order valence-electron chi connectivity index (χ2n) is 9.28. The number of ether oxygens (including phenoxy) is 3. The second-order valence-corrected chi connectivity index (χ2v) is 9.28. The number of hydrogen-bond donors (Lipinski definition) is 0. The summed E-state index contributed by atoms with van der Waals surface area (Å²) in [5.41, 5.74) is 1.24. The molecule has 2 aliphatic heterocycles. The number of benzene rings is 3. The fourth-order valence-electron chi connectivity index (χ4n) is 5.50. The van der Waals surface area contributed by atoms with E-state index >= 15 is 0 Å². The summed E-state index contributed by atoms with van der Waals surface area (Å²) < 4.78 is 23.1. The van der Waals surface area contributed by atoms with Gasteiger partial charge in [-0.3, -0.25) is 14.5 Å². The molecule has 0 saturated carbocycles. The molecule has 0 N–H and O–H groups in total. The SMILES string of the molecule is COc1cccc(C2c3c(oc4c(ccc5ccccc54)c3=O)C(=O)N2CCN2CCOCC2)c1OC. The van der Waals surface area contributed by atoms with E-state index in [9.17, 15) is 9.59 Å². The van der Waals surface area contributed by atoms with Gasteiger partial charge in [-0.25, -0.2) is 0 Å². The molecule has 3 heterocycles. The molecule has 8 heteroatoms. The maximum Gasteiger partial charge on any atom is 0.290 e. The fraction of sp³-hybridized carbons (Fsp3) is 0.310. The van der Waals surface area contributed by atoms with E-state index in [0.717, 1.165) is 23.9 Å². The first-order valence-corrected chi connectivity index (χ1v) is 12.4. The highest BCUT2D eigenvalue weighted by Crippen LogP contribution is 2.44. The maximum absolute atomic E-state index is 14.1. The molecule has 1 aromatic heterocycles. The van der Waals surface area contributed by atoms with Crippen LogP contribution in [0.4, 0.5) is 0 Å². The molecule has 1 amide bonds. The number of amides is 1. The number of rotatable bonds is 6. The van der Waals surface area contributed by atoms with Gasteiger partial charge in [-0.15, -0.1) is 0 Å². The summed E-state index contributed by atoms with van der Waals surface area (Å²) in [6, 6.07) is 16.2. The topological polar surface area (TPSA) is 81.5 Å². The molecule has 1 unspecified atom stereocenters. The van der Waals surface area contributed by atoms with Crippen LogP contribution in [0.2, 0.25) is 0 Å². The first-order valence-electron chi connectivity index (χ1n) is 12.4. The van der Waals surface area contributed by atoms with Gasteiger partial charge in [-0.2, -0.15) is 0 Å². The van der Waals surface area contributed by atoms with E-state index in [1.54, 1.807) is 31.3 Å². The predicted octanol–water partition coefficient (Wildman–Crippen LogP) is 3.84. The van der Waals surface area contributed by atoms with Crippen molar-refractivity contribution in [3.05, 3.63) is 81.7 Å². The minimum absolute atomic E-state index is 0.0886. The van der Waals surface area contributed by atoms with Crippen LogP contribution in [0.15, 0.2) is 63.8 Å². The molecular formula is C29H28N2O6. The summed E-state index contributed by atoms with van der Waals surface area (Å²) in [4.78, 5) is 32.0. The molecule has 37 heavy (non-hydrogen) atoms. The molecule has 1 saturated heterocycles. The lowest BCUT2D eigenvalue weighted by Gasteiger charge is -2.31. The van der Waals surface area contributed by atoms with E-state index in [-0.39, 0.29) is 17.1 Å². The standard InChI is InChI=1S/C29H28N2O6/c1-34-22-9-5-8-20(27(22)35-2)24-23-25(32)21-11-10-18-6-3-4-7-19(18)26(21)37-28(23)29(33)31(24)13-12-30-14-16-36-17-15-30/h3-11,24H,12-17H2,1-2H3. The third kappa shape index (κ3) is 3.84. The first kappa shape index (κ1) is 23.5. The van der Waals surface area contributed by atoms with Crippen LogP contribution < -0.4 is 14.9 Å². The summed E-state index contributed by atoms with van der Waals surface area (Å²) in [5, 5.41) is 2.20. The number of carbonyl (C=O) groups excluding carboxylic acids is 1. The zero-order chi connectivity index (χ0) is 25.5. The Balaban J connectivity index is 1.55. The highest BCUT2D eigenvalue weighted by molar-refractivity contribution is 6.06. The Morgan fingerprint density at radius 3 is 2.49 bits per heavy atom. The van der Waals surface area contributed by atoms with Crippen molar-refractivity contribution in [3.63, 3.8) is 0 Å². The molecule has 190 valence electrons. The highest BCUT2D eigenvalue weighted by atomic mass is 16.5. The van der Waals surface area contributed by atoms with E-state index in [4.69, 9.17) is 18.6 Å². The van der Waals surface area contributed by atoms with Gasteiger partial charge in [-0.05, 0) is 17.5 Å². The predicted molar refractivity (Wildman–Crippen MR) is 140 cm³/mol. The van der Waals surface area contributed by atoms with Crippen molar-refractivity contribution >= 4 is 27.6 Å². The van der Waals surface area contributed by atoms with Gasteiger partial charge in [-0.1, -0.05) is 42.5 Å². The smallest absolute Gasteiger partial charge is 0.290 e. The lowest BCUT2D eigenvalue weighted by Crippen LogP contribution is -2.42. The van der Waals surface area contributed by atoms with Gasteiger partial charge in [0, 0.05) is 37.1 Å². The van der Waals surface area contributed by atoms with Crippen LogP contribution in [-0.4, -0.2) is 69.3 Å². The van der Waals surface area contributed by atoms with Gasteiger partial charge in [0.2, 0.25) is 5.76 Å². The quantitative estimate of drug-likeness (QED) is 0.372. The largest absolute Gasteiger partial charge is 0.493 e. The van der Waals surface area contributed by atoms with Crippen molar-refractivity contribution in [2.45, 2.75) is 6.04 Å². The van der Waals surface area contributed by atoms with Crippen LogP contribution in [0.1, 0.15) is 27.7 Å². The highest BCUT2D eigenvalue weighted by Gasteiger charge is 2.44. The summed E-state index contributed by atoms with van der Waals surface area (Å²) in [6.45, 7) is 4.01. The molecule has 1 atom stereocenters. The Labute approximate surface area is 213 Å². The maximum atomic E-state index is 14.1. The summed E-state index contributed by atoms with van der Waals surface area (Å²) in [6.07, 6.45) is 0. The number of hydrogen-bond acceptors (Lipinski definition) is 7. The molecule has 0 spiro atoms. The van der Waals surface area contributed by atoms with Crippen molar-refractivity contribution in [1.29, 1.82) is 0 Å². The average molecular weight is 501 g/mol. The lowest BCUT2D eigenvalue weighted by molar-refractivity contribution is 0.0314. The van der Waals surface area contributed by atoms with Crippen molar-refractivity contribution in [3.8, 4) is 11.5 Å². The number of fused-ring (bicyclic) bond motifs is 4. The summed E-state index contributed by atoms with van der Waals surface area (Å²) >= 11 is 0. The molecule has 8 nitrogen and oxygen atoms in total. The molecular weight excluding hydrogens is 472 g/mol. The van der Waals surface area contributed by atoms with E-state index in [1.165, 1.54) is 0 Å². The van der Waals surface area contributed by atoms with Crippen molar-refractivity contribution in [1.82, 2.24) is 9.80 Å². The summed E-state index contributed by atoms with van der Waals surface area (Å²) in [5.74, 6) is 0.811. The van der Waals surface area contributed by atoms with Gasteiger partial charge >= 0.3 is 0 Å². The van der Waals surface area contributed by atoms with Gasteiger partial charge in [0.25, 0.3) is 5.91 Å². The van der Waals surface area contributed by atoms with Crippen LogP contribution >= 0.6 is 0 Å². The monoisotopic (exact) mass is 500 g/mol. The molecule has 1 fully saturated rings. The van der Waals surface area contributed by atoms with Crippen LogP contribution in [0.5, 0.6) is 11.5 Å².